The molecule has 0 spiro atoms. The lowest BCUT2D eigenvalue weighted by Crippen LogP contribution is -2.51. The maximum atomic E-state index is 13.9. The van der Waals surface area contributed by atoms with Crippen LogP contribution in [-0.2, 0) is 26.2 Å². The summed E-state index contributed by atoms with van der Waals surface area (Å²) in [7, 11) is -4.09. The SMILES string of the molecule is CCCCNC(=O)C(C)N(Cc1ccc(Cl)cc1)C(=O)CN(c1ccc(C)c(C)c1)S(=O)(=O)c1ccccc1. The van der Waals surface area contributed by atoms with Gasteiger partial charge in [-0.3, -0.25) is 13.9 Å². The molecule has 0 bridgehead atoms. The van der Waals surface area contributed by atoms with E-state index in [0.29, 0.717) is 17.3 Å². The zero-order chi connectivity index (χ0) is 28.6. The van der Waals surface area contributed by atoms with Crippen LogP contribution in [0.3, 0.4) is 0 Å². The summed E-state index contributed by atoms with van der Waals surface area (Å²) in [6.45, 7) is 7.66. The van der Waals surface area contributed by atoms with Crippen LogP contribution in [0.5, 0.6) is 0 Å². The van der Waals surface area contributed by atoms with Gasteiger partial charge >= 0.3 is 0 Å². The minimum atomic E-state index is -4.09. The highest BCUT2D eigenvalue weighted by Crippen LogP contribution is 2.26. The number of nitrogens with zero attached hydrogens (tertiary/aromatic N) is 2. The average Bonchev–Trinajstić information content (AvgIpc) is 2.93. The number of amides is 2. The highest BCUT2D eigenvalue weighted by molar-refractivity contribution is 7.92. The Morgan fingerprint density at radius 3 is 2.23 bits per heavy atom. The summed E-state index contributed by atoms with van der Waals surface area (Å²) >= 11 is 6.05. The van der Waals surface area contributed by atoms with Crippen molar-refractivity contribution >= 4 is 39.1 Å². The molecule has 3 aromatic rings. The molecule has 3 aromatic carbocycles. The fourth-order valence-electron chi connectivity index (χ4n) is 4.03. The van der Waals surface area contributed by atoms with Gasteiger partial charge in [-0.05, 0) is 80.3 Å². The van der Waals surface area contributed by atoms with Gasteiger partial charge < -0.3 is 10.2 Å². The number of aryl methyl sites for hydroxylation is 2. The first-order valence-corrected chi connectivity index (χ1v) is 14.8. The highest BCUT2D eigenvalue weighted by Gasteiger charge is 2.32. The third-order valence-corrected chi connectivity index (χ3v) is 8.69. The minimum Gasteiger partial charge on any atom is -0.354 e. The van der Waals surface area contributed by atoms with Crippen LogP contribution in [0.15, 0.2) is 77.7 Å². The second kappa shape index (κ2) is 13.6. The molecular formula is C30H36ClN3O4S. The number of hydrogen-bond acceptors (Lipinski definition) is 4. The van der Waals surface area contributed by atoms with Gasteiger partial charge in [0.15, 0.2) is 0 Å². The molecule has 0 aliphatic heterocycles. The topological polar surface area (TPSA) is 86.8 Å². The third kappa shape index (κ3) is 7.83. The first kappa shape index (κ1) is 30.2. The molecule has 0 aromatic heterocycles. The molecule has 0 heterocycles. The first-order valence-electron chi connectivity index (χ1n) is 13.0. The van der Waals surface area contributed by atoms with E-state index in [0.717, 1.165) is 33.8 Å². The monoisotopic (exact) mass is 569 g/mol. The number of hydrogen-bond donors (Lipinski definition) is 1. The molecule has 1 atom stereocenters. The lowest BCUT2D eigenvalue weighted by Gasteiger charge is -2.32. The van der Waals surface area contributed by atoms with Gasteiger partial charge in [-0.15, -0.1) is 0 Å². The van der Waals surface area contributed by atoms with Crippen LogP contribution >= 0.6 is 11.6 Å². The van der Waals surface area contributed by atoms with Crippen molar-refractivity contribution in [2.45, 2.75) is 58.0 Å². The van der Waals surface area contributed by atoms with E-state index < -0.39 is 28.5 Å². The predicted molar refractivity (Wildman–Crippen MR) is 156 cm³/mol. The number of sulfonamides is 1. The molecule has 1 N–H and O–H groups in total. The molecule has 208 valence electrons. The van der Waals surface area contributed by atoms with E-state index >= 15 is 0 Å². The Kier molecular flexibility index (Phi) is 10.5. The second-order valence-electron chi connectivity index (χ2n) is 9.56. The van der Waals surface area contributed by atoms with Crippen molar-refractivity contribution in [3.8, 4) is 0 Å². The molecule has 0 fully saturated rings. The van der Waals surface area contributed by atoms with E-state index in [9.17, 15) is 18.0 Å². The summed E-state index contributed by atoms with van der Waals surface area (Å²) < 4.78 is 28.8. The van der Waals surface area contributed by atoms with Crippen LogP contribution in [0, 0.1) is 13.8 Å². The van der Waals surface area contributed by atoms with E-state index in [-0.39, 0.29) is 17.3 Å². The van der Waals surface area contributed by atoms with Crippen molar-refractivity contribution in [2.75, 3.05) is 17.4 Å². The van der Waals surface area contributed by atoms with Crippen molar-refractivity contribution < 1.29 is 18.0 Å². The van der Waals surface area contributed by atoms with Gasteiger partial charge in [0.2, 0.25) is 11.8 Å². The zero-order valence-electron chi connectivity index (χ0n) is 22.9. The molecule has 39 heavy (non-hydrogen) atoms. The van der Waals surface area contributed by atoms with Crippen LogP contribution < -0.4 is 9.62 Å². The van der Waals surface area contributed by atoms with Crippen molar-refractivity contribution in [3.05, 3.63) is 94.5 Å². The van der Waals surface area contributed by atoms with Crippen LogP contribution in [0.2, 0.25) is 5.02 Å². The maximum absolute atomic E-state index is 13.9. The predicted octanol–water partition coefficient (Wildman–Crippen LogP) is 5.49. The number of carbonyl (C=O) groups excluding carboxylic acids is 2. The lowest BCUT2D eigenvalue weighted by atomic mass is 10.1. The van der Waals surface area contributed by atoms with Crippen molar-refractivity contribution in [1.82, 2.24) is 10.2 Å². The fourth-order valence-corrected chi connectivity index (χ4v) is 5.59. The van der Waals surface area contributed by atoms with Gasteiger partial charge in [0, 0.05) is 18.1 Å². The molecule has 0 aliphatic rings. The number of nitrogens with one attached hydrogen (secondary N) is 1. The van der Waals surface area contributed by atoms with Gasteiger partial charge in [-0.1, -0.05) is 61.3 Å². The Balaban J connectivity index is 2.00. The van der Waals surface area contributed by atoms with Gasteiger partial charge in [0.25, 0.3) is 10.0 Å². The van der Waals surface area contributed by atoms with Crippen LogP contribution in [0.1, 0.15) is 43.4 Å². The van der Waals surface area contributed by atoms with Gasteiger partial charge in [-0.2, -0.15) is 0 Å². The number of benzene rings is 3. The highest BCUT2D eigenvalue weighted by atomic mass is 35.5. The Labute approximate surface area is 236 Å². The number of halogens is 1. The quantitative estimate of drug-likeness (QED) is 0.292. The Hall–Kier alpha value is -3.36. The third-order valence-electron chi connectivity index (χ3n) is 6.65. The lowest BCUT2D eigenvalue weighted by molar-refractivity contribution is -0.139. The van der Waals surface area contributed by atoms with E-state index in [4.69, 9.17) is 11.6 Å². The van der Waals surface area contributed by atoms with Crippen molar-refractivity contribution in [1.29, 1.82) is 0 Å². The Morgan fingerprint density at radius 1 is 0.949 bits per heavy atom. The van der Waals surface area contributed by atoms with Gasteiger partial charge in [-0.25, -0.2) is 8.42 Å². The smallest absolute Gasteiger partial charge is 0.264 e. The Bertz CT molecular complexity index is 1380. The molecule has 2 amide bonds. The summed E-state index contributed by atoms with van der Waals surface area (Å²) in [6, 6.07) is 19.5. The summed E-state index contributed by atoms with van der Waals surface area (Å²) in [6.07, 6.45) is 1.74. The van der Waals surface area contributed by atoms with Crippen molar-refractivity contribution in [2.24, 2.45) is 0 Å². The Morgan fingerprint density at radius 2 is 1.62 bits per heavy atom. The zero-order valence-corrected chi connectivity index (χ0v) is 24.4. The minimum absolute atomic E-state index is 0.0747. The van der Waals surface area contributed by atoms with Crippen LogP contribution in [0.4, 0.5) is 5.69 Å². The molecule has 3 rings (SSSR count). The molecule has 7 nitrogen and oxygen atoms in total. The summed E-state index contributed by atoms with van der Waals surface area (Å²) in [5.41, 5.74) is 3.05. The molecule has 0 aliphatic carbocycles. The molecule has 1 unspecified atom stereocenters. The molecular weight excluding hydrogens is 534 g/mol. The average molecular weight is 570 g/mol. The van der Waals surface area contributed by atoms with E-state index in [1.807, 2.05) is 26.8 Å². The van der Waals surface area contributed by atoms with Crippen molar-refractivity contribution in [3.63, 3.8) is 0 Å². The number of unbranched alkanes of at least 4 members (excludes halogenated alkanes) is 1. The number of carbonyl (C=O) groups is 2. The normalized spacial score (nSPS) is 12.0. The summed E-state index contributed by atoms with van der Waals surface area (Å²) in [5, 5.41) is 3.44. The molecule has 0 radical (unpaired) electrons. The van der Waals surface area contributed by atoms with E-state index in [1.165, 1.54) is 17.0 Å². The molecule has 0 saturated carbocycles. The summed E-state index contributed by atoms with van der Waals surface area (Å²) in [5.74, 6) is -0.796. The standard InChI is InChI=1S/C30H36ClN3O4S/c1-5-6-18-32-30(36)24(4)33(20-25-13-15-26(31)16-14-25)29(35)21-34(27-17-12-22(2)23(3)19-27)39(37,38)28-10-8-7-9-11-28/h7-17,19,24H,5-6,18,20-21H2,1-4H3,(H,32,36). The largest absolute Gasteiger partial charge is 0.354 e. The maximum Gasteiger partial charge on any atom is 0.264 e. The van der Waals surface area contributed by atoms with Crippen LogP contribution in [-0.4, -0.2) is 44.3 Å². The fraction of sp³-hybridized carbons (Fsp3) is 0.333. The van der Waals surface area contributed by atoms with E-state index in [2.05, 4.69) is 5.32 Å². The molecule has 9 heteroatoms. The van der Waals surface area contributed by atoms with Gasteiger partial charge in [0.05, 0.1) is 10.6 Å². The summed E-state index contributed by atoms with van der Waals surface area (Å²) in [4.78, 5) is 28.4. The molecule has 0 saturated heterocycles. The van der Waals surface area contributed by atoms with E-state index in [1.54, 1.807) is 61.5 Å². The number of rotatable bonds is 12. The number of anilines is 1. The van der Waals surface area contributed by atoms with Crippen LogP contribution in [0.25, 0.3) is 0 Å². The second-order valence-corrected chi connectivity index (χ2v) is 11.9. The van der Waals surface area contributed by atoms with Gasteiger partial charge in [0.1, 0.15) is 12.6 Å². The first-order chi connectivity index (χ1) is 18.5.